The predicted octanol–water partition coefficient (Wildman–Crippen LogP) is 5.15. The first-order valence-electron chi connectivity index (χ1n) is 6.25. The fraction of sp³-hybridized carbons (Fsp3) is 0.0625. The summed E-state index contributed by atoms with van der Waals surface area (Å²) in [5.74, 6) is 0. The molecule has 1 N–H and O–H groups in total. The first-order valence-corrected chi connectivity index (χ1v) is 7.00. The molecule has 0 amide bonds. The van der Waals surface area contributed by atoms with Gasteiger partial charge in [-0.2, -0.15) is 0 Å². The van der Waals surface area contributed by atoms with Gasteiger partial charge in [0, 0.05) is 22.0 Å². The van der Waals surface area contributed by atoms with Gasteiger partial charge in [0.2, 0.25) is 0 Å². The normalized spacial score (nSPS) is 10.7. The SMILES string of the molecule is Clc1ccc(Cl)c(CNc2cnc3ccccc3c2)c1. The standard InChI is InChI=1S/C16H12Cl2N2/c17-13-5-6-15(18)12(7-13)9-19-14-8-11-3-1-2-4-16(11)20-10-14/h1-8,10,19H,9H2. The van der Waals surface area contributed by atoms with Crippen LogP contribution in [0.4, 0.5) is 5.69 Å². The first kappa shape index (κ1) is 13.2. The van der Waals surface area contributed by atoms with E-state index in [1.165, 1.54) is 0 Å². The predicted molar refractivity (Wildman–Crippen MR) is 85.5 cm³/mol. The zero-order valence-corrected chi connectivity index (χ0v) is 12.1. The van der Waals surface area contributed by atoms with Crippen LogP contribution >= 0.6 is 23.2 Å². The third-order valence-corrected chi connectivity index (χ3v) is 3.69. The van der Waals surface area contributed by atoms with Crippen molar-refractivity contribution in [3.63, 3.8) is 0 Å². The third-order valence-electron chi connectivity index (χ3n) is 3.08. The van der Waals surface area contributed by atoms with E-state index in [-0.39, 0.29) is 0 Å². The number of nitrogens with one attached hydrogen (secondary N) is 1. The molecular formula is C16H12Cl2N2. The van der Waals surface area contributed by atoms with Crippen LogP contribution in [0, 0.1) is 0 Å². The number of halogens is 2. The molecule has 0 aliphatic heterocycles. The molecule has 1 heterocycles. The highest BCUT2D eigenvalue weighted by atomic mass is 35.5. The Bertz CT molecular complexity index is 756. The minimum atomic E-state index is 0.611. The maximum absolute atomic E-state index is 6.14. The number of pyridine rings is 1. The van der Waals surface area contributed by atoms with Crippen molar-refractivity contribution in [2.75, 3.05) is 5.32 Å². The van der Waals surface area contributed by atoms with E-state index in [0.717, 1.165) is 22.2 Å². The van der Waals surface area contributed by atoms with Gasteiger partial charge in [0.15, 0.2) is 0 Å². The molecule has 0 fully saturated rings. The minimum Gasteiger partial charge on any atom is -0.380 e. The molecule has 0 atom stereocenters. The van der Waals surface area contributed by atoms with Gasteiger partial charge in [0.1, 0.15) is 0 Å². The lowest BCUT2D eigenvalue weighted by atomic mass is 10.2. The van der Waals surface area contributed by atoms with Gasteiger partial charge < -0.3 is 5.32 Å². The number of hydrogen-bond acceptors (Lipinski definition) is 2. The van der Waals surface area contributed by atoms with Crippen LogP contribution in [0.5, 0.6) is 0 Å². The molecule has 2 aromatic carbocycles. The number of anilines is 1. The highest BCUT2D eigenvalue weighted by molar-refractivity contribution is 6.33. The highest BCUT2D eigenvalue weighted by Crippen LogP contribution is 2.22. The topological polar surface area (TPSA) is 24.9 Å². The fourth-order valence-electron chi connectivity index (χ4n) is 2.04. The van der Waals surface area contributed by atoms with Crippen LogP contribution in [-0.4, -0.2) is 4.98 Å². The van der Waals surface area contributed by atoms with Gasteiger partial charge in [-0.1, -0.05) is 41.4 Å². The van der Waals surface area contributed by atoms with Gasteiger partial charge in [0.05, 0.1) is 17.4 Å². The monoisotopic (exact) mass is 302 g/mol. The number of benzene rings is 2. The summed E-state index contributed by atoms with van der Waals surface area (Å²) in [6.45, 7) is 0.611. The quantitative estimate of drug-likeness (QED) is 0.723. The number of fused-ring (bicyclic) bond motifs is 1. The van der Waals surface area contributed by atoms with Gasteiger partial charge in [-0.05, 0) is 35.9 Å². The molecular weight excluding hydrogens is 291 g/mol. The highest BCUT2D eigenvalue weighted by Gasteiger charge is 2.02. The first-order chi connectivity index (χ1) is 9.72. The minimum absolute atomic E-state index is 0.611. The largest absolute Gasteiger partial charge is 0.380 e. The molecule has 20 heavy (non-hydrogen) atoms. The van der Waals surface area contributed by atoms with E-state index in [9.17, 15) is 0 Å². The summed E-state index contributed by atoms with van der Waals surface area (Å²) < 4.78 is 0. The number of hydrogen-bond donors (Lipinski definition) is 1. The van der Waals surface area contributed by atoms with Gasteiger partial charge in [-0.25, -0.2) is 0 Å². The molecule has 3 aromatic rings. The van der Waals surface area contributed by atoms with Crippen molar-refractivity contribution in [3.8, 4) is 0 Å². The van der Waals surface area contributed by atoms with Crippen molar-refractivity contribution in [1.29, 1.82) is 0 Å². The van der Waals surface area contributed by atoms with E-state index >= 15 is 0 Å². The van der Waals surface area contributed by atoms with Crippen LogP contribution in [0.2, 0.25) is 10.0 Å². The van der Waals surface area contributed by atoms with E-state index < -0.39 is 0 Å². The second-order valence-electron chi connectivity index (χ2n) is 4.51. The van der Waals surface area contributed by atoms with E-state index in [1.54, 1.807) is 12.1 Å². The zero-order chi connectivity index (χ0) is 13.9. The summed E-state index contributed by atoms with van der Waals surface area (Å²) in [5, 5.41) is 5.81. The Labute approximate surface area is 127 Å². The van der Waals surface area contributed by atoms with Gasteiger partial charge in [0.25, 0.3) is 0 Å². The molecule has 0 bridgehead atoms. The van der Waals surface area contributed by atoms with Gasteiger partial charge in [-0.15, -0.1) is 0 Å². The maximum Gasteiger partial charge on any atom is 0.0703 e. The summed E-state index contributed by atoms with van der Waals surface area (Å²) >= 11 is 12.1. The summed E-state index contributed by atoms with van der Waals surface area (Å²) in [6.07, 6.45) is 1.82. The Balaban J connectivity index is 1.81. The molecule has 100 valence electrons. The summed E-state index contributed by atoms with van der Waals surface area (Å²) in [5.41, 5.74) is 2.91. The second-order valence-corrected chi connectivity index (χ2v) is 5.35. The van der Waals surface area contributed by atoms with Crippen LogP contribution in [0.3, 0.4) is 0 Å². The smallest absolute Gasteiger partial charge is 0.0703 e. The lowest BCUT2D eigenvalue weighted by molar-refractivity contribution is 1.14. The molecule has 2 nitrogen and oxygen atoms in total. The Hall–Kier alpha value is -1.77. The van der Waals surface area contributed by atoms with Crippen LogP contribution < -0.4 is 5.32 Å². The Morgan fingerprint density at radius 3 is 2.75 bits per heavy atom. The van der Waals surface area contributed by atoms with Crippen molar-refractivity contribution in [2.24, 2.45) is 0 Å². The summed E-state index contributed by atoms with van der Waals surface area (Å²) in [4.78, 5) is 4.41. The molecule has 0 saturated heterocycles. The number of aromatic nitrogens is 1. The van der Waals surface area contributed by atoms with Crippen molar-refractivity contribution < 1.29 is 0 Å². The molecule has 0 saturated carbocycles. The molecule has 3 rings (SSSR count). The van der Waals surface area contributed by atoms with E-state index in [4.69, 9.17) is 23.2 Å². The number of nitrogens with zero attached hydrogens (tertiary/aromatic N) is 1. The molecule has 0 radical (unpaired) electrons. The van der Waals surface area contributed by atoms with E-state index in [0.29, 0.717) is 16.6 Å². The average molecular weight is 303 g/mol. The van der Waals surface area contributed by atoms with E-state index in [2.05, 4.69) is 16.4 Å². The van der Waals surface area contributed by atoms with E-state index in [1.807, 2.05) is 36.5 Å². The second kappa shape index (κ2) is 5.70. The third kappa shape index (κ3) is 2.87. The number of rotatable bonds is 3. The summed E-state index contributed by atoms with van der Waals surface area (Å²) in [7, 11) is 0. The van der Waals surface area contributed by atoms with Crippen LogP contribution in [0.15, 0.2) is 54.7 Å². The Morgan fingerprint density at radius 1 is 1.00 bits per heavy atom. The fourth-order valence-corrected chi connectivity index (χ4v) is 2.42. The van der Waals surface area contributed by atoms with Gasteiger partial charge >= 0.3 is 0 Å². The molecule has 0 aliphatic rings. The molecule has 4 heteroatoms. The summed E-state index contributed by atoms with van der Waals surface area (Å²) in [6, 6.07) is 15.5. The van der Waals surface area contributed by atoms with Gasteiger partial charge in [-0.3, -0.25) is 4.98 Å². The molecule has 0 aliphatic carbocycles. The van der Waals surface area contributed by atoms with Crippen molar-refractivity contribution in [2.45, 2.75) is 6.54 Å². The molecule has 1 aromatic heterocycles. The van der Waals surface area contributed by atoms with Crippen molar-refractivity contribution in [1.82, 2.24) is 4.98 Å². The Morgan fingerprint density at radius 2 is 1.85 bits per heavy atom. The van der Waals surface area contributed by atoms with Crippen molar-refractivity contribution in [3.05, 3.63) is 70.3 Å². The van der Waals surface area contributed by atoms with Crippen LogP contribution in [0.25, 0.3) is 10.9 Å². The van der Waals surface area contributed by atoms with Crippen LogP contribution in [0.1, 0.15) is 5.56 Å². The number of para-hydroxylation sites is 1. The molecule has 0 spiro atoms. The lowest BCUT2D eigenvalue weighted by Gasteiger charge is -2.09. The molecule has 0 unspecified atom stereocenters. The average Bonchev–Trinajstić information content (AvgIpc) is 2.48. The zero-order valence-electron chi connectivity index (χ0n) is 10.6. The van der Waals surface area contributed by atoms with Crippen LogP contribution in [-0.2, 0) is 6.54 Å². The lowest BCUT2D eigenvalue weighted by Crippen LogP contribution is -2.00. The van der Waals surface area contributed by atoms with Crippen molar-refractivity contribution >= 4 is 39.8 Å². The maximum atomic E-state index is 6.14. The Kier molecular flexibility index (Phi) is 3.77.